The highest BCUT2D eigenvalue weighted by Gasteiger charge is 2.30. The fraction of sp³-hybridized carbons (Fsp3) is 0.609. The Morgan fingerprint density at radius 2 is 2.03 bits per heavy atom. The van der Waals surface area contributed by atoms with Crippen molar-refractivity contribution in [3.8, 4) is 0 Å². The molecular formula is C23H35N3O4S. The first-order chi connectivity index (χ1) is 14.6. The van der Waals surface area contributed by atoms with Gasteiger partial charge < -0.3 is 15.5 Å². The van der Waals surface area contributed by atoms with Crippen molar-refractivity contribution in [3.63, 3.8) is 0 Å². The van der Waals surface area contributed by atoms with Crippen LogP contribution in [0.5, 0.6) is 0 Å². The number of piperidine rings is 1. The summed E-state index contributed by atoms with van der Waals surface area (Å²) in [5, 5.41) is 24.2. The maximum absolute atomic E-state index is 13.2. The average molecular weight is 450 g/mol. The number of aromatic nitrogens is 1. The van der Waals surface area contributed by atoms with Crippen molar-refractivity contribution in [2.24, 2.45) is 17.3 Å². The van der Waals surface area contributed by atoms with Crippen molar-refractivity contribution in [1.29, 1.82) is 0 Å². The van der Waals surface area contributed by atoms with Crippen LogP contribution in [0.2, 0.25) is 0 Å². The molecule has 0 aliphatic carbocycles. The van der Waals surface area contributed by atoms with Crippen LogP contribution in [-0.2, 0) is 10.0 Å². The minimum atomic E-state index is -3.65. The highest BCUT2D eigenvalue weighted by atomic mass is 32.2. The maximum atomic E-state index is 13.2. The molecule has 1 aliphatic heterocycles. The van der Waals surface area contributed by atoms with Gasteiger partial charge in [-0.15, -0.1) is 0 Å². The third-order valence-corrected chi connectivity index (χ3v) is 7.69. The Bertz CT molecular complexity index is 988. The van der Waals surface area contributed by atoms with Crippen molar-refractivity contribution in [1.82, 2.24) is 9.29 Å². The largest absolute Gasteiger partial charge is 0.396 e. The molecule has 0 spiro atoms. The van der Waals surface area contributed by atoms with Crippen LogP contribution in [0, 0.1) is 17.3 Å². The number of hydrogen-bond donors (Lipinski definition) is 3. The van der Waals surface area contributed by atoms with E-state index in [-0.39, 0.29) is 35.4 Å². The van der Waals surface area contributed by atoms with E-state index in [1.54, 1.807) is 24.4 Å². The summed E-state index contributed by atoms with van der Waals surface area (Å²) in [6.45, 7) is 7.89. The second-order valence-electron chi connectivity index (χ2n) is 9.79. The Morgan fingerprint density at radius 1 is 1.26 bits per heavy atom. The van der Waals surface area contributed by atoms with E-state index in [1.165, 1.54) is 4.31 Å². The lowest BCUT2D eigenvalue weighted by Crippen LogP contribution is -2.40. The number of rotatable bonds is 8. The van der Waals surface area contributed by atoms with Crippen LogP contribution in [0.4, 0.5) is 5.82 Å². The molecule has 2 unspecified atom stereocenters. The van der Waals surface area contributed by atoms with Crippen LogP contribution in [0.1, 0.15) is 40.0 Å². The topological polar surface area (TPSA) is 103 Å². The molecule has 7 nitrogen and oxygen atoms in total. The lowest BCUT2D eigenvalue weighted by Gasteiger charge is -2.31. The van der Waals surface area contributed by atoms with Gasteiger partial charge in [-0.25, -0.2) is 13.4 Å². The second kappa shape index (κ2) is 9.81. The van der Waals surface area contributed by atoms with E-state index in [0.717, 1.165) is 30.0 Å². The third-order valence-electron chi connectivity index (χ3n) is 5.83. The number of fused-ring (bicyclic) bond motifs is 1. The van der Waals surface area contributed by atoms with Crippen LogP contribution in [-0.4, -0.2) is 60.8 Å². The smallest absolute Gasteiger partial charge is 0.243 e. The van der Waals surface area contributed by atoms with Gasteiger partial charge in [0.15, 0.2) is 0 Å². The Hall–Kier alpha value is -1.74. The van der Waals surface area contributed by atoms with Crippen molar-refractivity contribution in [2.75, 3.05) is 38.2 Å². The molecule has 1 aromatic carbocycles. The van der Waals surface area contributed by atoms with Gasteiger partial charge in [-0.1, -0.05) is 26.8 Å². The first-order valence-electron chi connectivity index (χ1n) is 11.0. The molecule has 1 aromatic heterocycles. The molecule has 2 heterocycles. The Kier molecular flexibility index (Phi) is 7.57. The summed E-state index contributed by atoms with van der Waals surface area (Å²) in [7, 11) is -3.65. The van der Waals surface area contributed by atoms with Gasteiger partial charge in [-0.3, -0.25) is 0 Å². The summed E-state index contributed by atoms with van der Waals surface area (Å²) in [5.74, 6) is 0.683. The highest BCUT2D eigenvalue weighted by Crippen LogP contribution is 2.29. The molecule has 2 aromatic rings. The normalized spacial score (nSPS) is 19.5. The van der Waals surface area contributed by atoms with Crippen LogP contribution in [0.3, 0.4) is 0 Å². The number of anilines is 1. The zero-order chi connectivity index (χ0) is 22.6. The molecule has 3 N–H and O–H groups in total. The van der Waals surface area contributed by atoms with Crippen molar-refractivity contribution < 1.29 is 18.6 Å². The van der Waals surface area contributed by atoms with Crippen molar-refractivity contribution >= 4 is 26.6 Å². The second-order valence-corrected chi connectivity index (χ2v) is 11.7. The van der Waals surface area contributed by atoms with E-state index in [9.17, 15) is 18.6 Å². The molecule has 0 radical (unpaired) electrons. The van der Waals surface area contributed by atoms with E-state index in [2.05, 4.69) is 31.1 Å². The maximum Gasteiger partial charge on any atom is 0.243 e. The number of nitrogens with one attached hydrogen (secondary N) is 1. The average Bonchev–Trinajstić information content (AvgIpc) is 2.75. The molecular weight excluding hydrogens is 414 g/mol. The number of hydrogen-bond acceptors (Lipinski definition) is 6. The van der Waals surface area contributed by atoms with Gasteiger partial charge in [0, 0.05) is 44.4 Å². The number of aliphatic hydroxyl groups excluding tert-OH is 2. The Balaban J connectivity index is 1.86. The molecule has 0 amide bonds. The van der Waals surface area contributed by atoms with Gasteiger partial charge in [-0.2, -0.15) is 4.31 Å². The van der Waals surface area contributed by atoms with Gasteiger partial charge in [0.1, 0.15) is 5.82 Å². The van der Waals surface area contributed by atoms with Gasteiger partial charge in [-0.05, 0) is 60.1 Å². The number of pyridine rings is 1. The number of sulfonamides is 1. The van der Waals surface area contributed by atoms with Gasteiger partial charge >= 0.3 is 0 Å². The van der Waals surface area contributed by atoms with E-state index < -0.39 is 10.0 Å². The molecule has 0 bridgehead atoms. The summed E-state index contributed by atoms with van der Waals surface area (Å²) in [6, 6.07) is 6.99. The first kappa shape index (κ1) is 23.9. The summed E-state index contributed by atoms with van der Waals surface area (Å²) in [4.78, 5) is 4.68. The van der Waals surface area contributed by atoms with Crippen LogP contribution < -0.4 is 5.32 Å². The third kappa shape index (κ3) is 5.94. The molecule has 3 rings (SSSR count). The number of aliphatic hydroxyl groups is 2. The Morgan fingerprint density at radius 3 is 2.71 bits per heavy atom. The molecule has 1 aliphatic rings. The summed E-state index contributed by atoms with van der Waals surface area (Å²) < 4.78 is 28.0. The van der Waals surface area contributed by atoms with Crippen LogP contribution >= 0.6 is 0 Å². The lowest BCUT2D eigenvalue weighted by molar-refractivity contribution is 0.165. The van der Waals surface area contributed by atoms with Gasteiger partial charge in [0.25, 0.3) is 0 Å². The van der Waals surface area contributed by atoms with Crippen LogP contribution in [0.15, 0.2) is 35.4 Å². The molecule has 1 fully saturated rings. The van der Waals surface area contributed by atoms with Gasteiger partial charge in [0.2, 0.25) is 10.0 Å². The van der Waals surface area contributed by atoms with E-state index >= 15 is 0 Å². The van der Waals surface area contributed by atoms with Gasteiger partial charge in [0.05, 0.1) is 4.90 Å². The molecule has 1 saturated heterocycles. The number of benzene rings is 1. The predicted molar refractivity (Wildman–Crippen MR) is 123 cm³/mol. The van der Waals surface area contributed by atoms with Crippen molar-refractivity contribution in [3.05, 3.63) is 30.5 Å². The summed E-state index contributed by atoms with van der Waals surface area (Å²) in [6.07, 6.45) is 4.16. The zero-order valence-electron chi connectivity index (χ0n) is 18.7. The summed E-state index contributed by atoms with van der Waals surface area (Å²) >= 11 is 0. The SMILES string of the molecule is CC(C)(C)CC(CO)CNc1nccc2ccc(S(=O)(=O)N3CCCC(CO)C3)cc12. The molecule has 31 heavy (non-hydrogen) atoms. The van der Waals surface area contributed by atoms with Crippen LogP contribution in [0.25, 0.3) is 10.8 Å². The Labute approximate surface area is 185 Å². The number of nitrogens with zero attached hydrogens (tertiary/aromatic N) is 2. The minimum absolute atomic E-state index is 0.00230. The molecule has 172 valence electrons. The van der Waals surface area contributed by atoms with E-state index in [0.29, 0.717) is 25.5 Å². The molecule has 8 heteroatoms. The fourth-order valence-corrected chi connectivity index (χ4v) is 5.88. The quantitative estimate of drug-likeness (QED) is 0.572. The molecule has 0 saturated carbocycles. The highest BCUT2D eigenvalue weighted by molar-refractivity contribution is 7.89. The lowest BCUT2D eigenvalue weighted by atomic mass is 9.85. The first-order valence-corrected chi connectivity index (χ1v) is 12.4. The fourth-order valence-electron chi connectivity index (χ4n) is 4.30. The minimum Gasteiger partial charge on any atom is -0.396 e. The standard InChI is InChI=1S/C23H35N3O4S/c1-23(2,3)12-18(16-28)13-25-22-21-11-20(7-6-19(21)8-9-24-22)31(29,30)26-10-4-5-17(14-26)15-27/h6-9,11,17-18,27-28H,4-5,10,12-16H2,1-3H3,(H,24,25). The van der Waals surface area contributed by atoms with E-state index in [1.807, 2.05) is 6.07 Å². The molecule has 2 atom stereocenters. The van der Waals surface area contributed by atoms with Crippen molar-refractivity contribution in [2.45, 2.75) is 44.9 Å². The monoisotopic (exact) mass is 449 g/mol. The zero-order valence-corrected chi connectivity index (χ0v) is 19.5. The van der Waals surface area contributed by atoms with E-state index in [4.69, 9.17) is 0 Å². The summed E-state index contributed by atoms with van der Waals surface area (Å²) in [5.41, 5.74) is 0.101. The predicted octanol–water partition coefficient (Wildman–Crippen LogP) is 3.08.